The van der Waals surface area contributed by atoms with E-state index in [2.05, 4.69) is 10.2 Å². The van der Waals surface area contributed by atoms with Gasteiger partial charge in [0.15, 0.2) is 11.5 Å². The van der Waals surface area contributed by atoms with Gasteiger partial charge in [0.1, 0.15) is 11.4 Å². The zero-order valence-corrected chi connectivity index (χ0v) is 21.7. The molecule has 196 valence electrons. The van der Waals surface area contributed by atoms with Crippen LogP contribution in [0.1, 0.15) is 27.7 Å². The number of carbonyl (C=O) groups excluding carboxylic acids is 2. The van der Waals surface area contributed by atoms with E-state index in [1.54, 1.807) is 29.6 Å². The lowest BCUT2D eigenvalue weighted by Gasteiger charge is -2.29. The van der Waals surface area contributed by atoms with Crippen LogP contribution in [0, 0.1) is 0 Å². The first-order valence-corrected chi connectivity index (χ1v) is 13.0. The van der Waals surface area contributed by atoms with E-state index in [-0.39, 0.29) is 17.2 Å². The molecule has 0 radical (unpaired) electrons. The summed E-state index contributed by atoms with van der Waals surface area (Å²) in [6.07, 6.45) is 4.00. The van der Waals surface area contributed by atoms with Crippen LogP contribution in [-0.2, 0) is 9.53 Å². The van der Waals surface area contributed by atoms with Crippen molar-refractivity contribution in [1.82, 2.24) is 15.1 Å². The zero-order chi connectivity index (χ0) is 25.5. The van der Waals surface area contributed by atoms with Crippen molar-refractivity contribution in [3.63, 3.8) is 0 Å². The van der Waals surface area contributed by atoms with Crippen LogP contribution in [0.3, 0.4) is 0 Å². The number of hydrogen-bond acceptors (Lipinski definition) is 9. The highest BCUT2D eigenvalue weighted by Crippen LogP contribution is 2.44. The second-order valence-electron chi connectivity index (χ2n) is 8.48. The van der Waals surface area contributed by atoms with Crippen LogP contribution in [0.2, 0.25) is 0 Å². The molecule has 1 aromatic carbocycles. The quantitative estimate of drug-likeness (QED) is 0.474. The van der Waals surface area contributed by atoms with E-state index in [1.165, 1.54) is 33.1 Å². The maximum Gasteiger partial charge on any atom is 0.256 e. The molecule has 0 spiro atoms. The summed E-state index contributed by atoms with van der Waals surface area (Å²) in [5.41, 5.74) is 1.16. The lowest BCUT2D eigenvalue weighted by Crippen LogP contribution is -2.48. The van der Waals surface area contributed by atoms with E-state index >= 15 is 0 Å². The number of nitrogens with one attached hydrogen (secondary N) is 1. The first-order chi connectivity index (χ1) is 17.6. The molecule has 2 atom stereocenters. The van der Waals surface area contributed by atoms with Gasteiger partial charge in [0.25, 0.3) is 5.91 Å². The van der Waals surface area contributed by atoms with Gasteiger partial charge in [0, 0.05) is 36.5 Å². The maximum absolute atomic E-state index is 13.9. The van der Waals surface area contributed by atoms with Gasteiger partial charge in [-0.15, -0.1) is 11.8 Å². The van der Waals surface area contributed by atoms with Gasteiger partial charge in [0.2, 0.25) is 11.7 Å². The largest absolute Gasteiger partial charge is 0.493 e. The van der Waals surface area contributed by atoms with Crippen LogP contribution in [0.15, 0.2) is 35.1 Å². The van der Waals surface area contributed by atoms with Gasteiger partial charge in [-0.25, -0.2) is 0 Å². The summed E-state index contributed by atoms with van der Waals surface area (Å²) in [5.74, 6) is 1.14. The highest BCUT2D eigenvalue weighted by atomic mass is 32.2. The summed E-state index contributed by atoms with van der Waals surface area (Å²) in [7, 11) is 4.50. The van der Waals surface area contributed by atoms with Crippen LogP contribution in [-0.4, -0.2) is 94.1 Å². The van der Waals surface area contributed by atoms with Gasteiger partial charge in [-0.3, -0.25) is 14.5 Å². The number of carbonyl (C=O) groups is 2. The summed E-state index contributed by atoms with van der Waals surface area (Å²) < 4.78 is 26.9. The van der Waals surface area contributed by atoms with Crippen LogP contribution in [0.4, 0.5) is 0 Å². The Kier molecular flexibility index (Phi) is 9.00. The Hall–Kier alpha value is -2.89. The SMILES string of the molecule is COc1cc(C(=O)N2C(C(=O)NCCCN3CCOCC3)CSC2c2ccoc2)cc(OC)c1OC. The van der Waals surface area contributed by atoms with Crippen LogP contribution in [0.25, 0.3) is 0 Å². The van der Waals surface area contributed by atoms with Crippen molar-refractivity contribution in [1.29, 1.82) is 0 Å². The van der Waals surface area contributed by atoms with Crippen molar-refractivity contribution < 1.29 is 33.0 Å². The Balaban J connectivity index is 1.51. The van der Waals surface area contributed by atoms with Crippen molar-refractivity contribution in [2.75, 3.05) is 66.5 Å². The molecule has 1 aromatic heterocycles. The van der Waals surface area contributed by atoms with Gasteiger partial charge in [-0.05, 0) is 31.2 Å². The Bertz CT molecular complexity index is 1000. The molecule has 0 saturated carbocycles. The maximum atomic E-state index is 13.9. The predicted octanol–water partition coefficient (Wildman–Crippen LogP) is 2.40. The fourth-order valence-electron chi connectivity index (χ4n) is 4.44. The molecule has 1 N–H and O–H groups in total. The Labute approximate surface area is 215 Å². The molecule has 36 heavy (non-hydrogen) atoms. The number of thioether (sulfide) groups is 1. The number of methoxy groups -OCH3 is 3. The molecule has 2 saturated heterocycles. The minimum Gasteiger partial charge on any atom is -0.493 e. The number of ether oxygens (including phenoxy) is 4. The number of benzene rings is 1. The molecule has 2 fully saturated rings. The number of nitrogens with zero attached hydrogens (tertiary/aromatic N) is 2. The van der Waals surface area contributed by atoms with Crippen LogP contribution >= 0.6 is 11.8 Å². The second kappa shape index (κ2) is 12.4. The molecule has 10 nitrogen and oxygen atoms in total. The average molecular weight is 520 g/mol. The van der Waals surface area contributed by atoms with Crippen molar-refractivity contribution in [2.24, 2.45) is 0 Å². The minimum absolute atomic E-state index is 0.170. The molecule has 3 heterocycles. The van der Waals surface area contributed by atoms with Crippen LogP contribution in [0.5, 0.6) is 17.2 Å². The fraction of sp³-hybridized carbons (Fsp3) is 0.520. The molecular formula is C25H33N3O7S. The molecule has 0 bridgehead atoms. The first-order valence-electron chi connectivity index (χ1n) is 11.9. The van der Waals surface area contributed by atoms with Gasteiger partial charge in [0.05, 0.1) is 47.1 Å². The zero-order valence-electron chi connectivity index (χ0n) is 20.9. The number of amides is 2. The molecule has 2 aromatic rings. The molecule has 2 aliphatic heterocycles. The third-order valence-corrected chi connectivity index (χ3v) is 7.65. The number of furan rings is 1. The highest BCUT2D eigenvalue weighted by Gasteiger charge is 2.43. The number of hydrogen-bond donors (Lipinski definition) is 1. The Morgan fingerprint density at radius 3 is 2.44 bits per heavy atom. The molecule has 4 rings (SSSR count). The van der Waals surface area contributed by atoms with E-state index in [1.807, 2.05) is 6.07 Å². The van der Waals surface area contributed by atoms with Crippen molar-refractivity contribution >= 4 is 23.6 Å². The topological polar surface area (TPSA) is 103 Å². The molecular weight excluding hydrogens is 486 g/mol. The molecule has 2 amide bonds. The number of rotatable bonds is 10. The summed E-state index contributed by atoms with van der Waals surface area (Å²) in [4.78, 5) is 31.1. The lowest BCUT2D eigenvalue weighted by molar-refractivity contribution is -0.124. The minimum atomic E-state index is -0.634. The van der Waals surface area contributed by atoms with Crippen molar-refractivity contribution in [3.8, 4) is 17.2 Å². The summed E-state index contributed by atoms with van der Waals surface area (Å²) in [6, 6.07) is 4.40. The highest BCUT2D eigenvalue weighted by molar-refractivity contribution is 7.99. The van der Waals surface area contributed by atoms with E-state index < -0.39 is 6.04 Å². The fourth-order valence-corrected chi connectivity index (χ4v) is 5.85. The number of morpholine rings is 1. The smallest absolute Gasteiger partial charge is 0.256 e. The van der Waals surface area contributed by atoms with Crippen molar-refractivity contribution in [3.05, 3.63) is 41.9 Å². The third kappa shape index (κ3) is 5.74. The van der Waals surface area contributed by atoms with Gasteiger partial charge in [-0.1, -0.05) is 0 Å². The Morgan fingerprint density at radius 1 is 1.11 bits per heavy atom. The Morgan fingerprint density at radius 2 is 1.83 bits per heavy atom. The summed E-state index contributed by atoms with van der Waals surface area (Å²) in [5, 5.41) is 2.67. The lowest BCUT2D eigenvalue weighted by atomic mass is 10.1. The van der Waals surface area contributed by atoms with Gasteiger partial charge < -0.3 is 33.6 Å². The summed E-state index contributed by atoms with van der Waals surface area (Å²) >= 11 is 1.53. The standard InChI is InChI=1S/C25H33N3O7S/c1-31-20-13-18(14-21(32-2)22(20)33-3)24(30)28-19(16-36-25(28)17-5-10-35-15-17)23(29)26-6-4-7-27-8-11-34-12-9-27/h5,10,13-15,19,25H,4,6-9,11-12,16H2,1-3H3,(H,26,29). The van der Waals surface area contributed by atoms with E-state index in [0.717, 1.165) is 44.8 Å². The third-order valence-electron chi connectivity index (χ3n) is 6.33. The predicted molar refractivity (Wildman–Crippen MR) is 135 cm³/mol. The summed E-state index contributed by atoms with van der Waals surface area (Å²) in [6.45, 7) is 4.76. The monoisotopic (exact) mass is 519 g/mol. The van der Waals surface area contributed by atoms with E-state index in [0.29, 0.717) is 35.1 Å². The van der Waals surface area contributed by atoms with E-state index in [4.69, 9.17) is 23.4 Å². The molecule has 0 aliphatic carbocycles. The molecule has 11 heteroatoms. The normalized spacial score (nSPS) is 20.2. The first kappa shape index (κ1) is 26.2. The second-order valence-corrected chi connectivity index (χ2v) is 9.60. The van der Waals surface area contributed by atoms with Gasteiger partial charge >= 0.3 is 0 Å². The van der Waals surface area contributed by atoms with E-state index in [9.17, 15) is 9.59 Å². The molecule has 2 unspecified atom stereocenters. The van der Waals surface area contributed by atoms with Crippen LogP contribution < -0.4 is 19.5 Å². The van der Waals surface area contributed by atoms with Crippen molar-refractivity contribution in [2.45, 2.75) is 17.8 Å². The van der Waals surface area contributed by atoms with Gasteiger partial charge in [-0.2, -0.15) is 0 Å². The molecule has 2 aliphatic rings. The average Bonchev–Trinajstić information content (AvgIpc) is 3.60.